The second-order valence-corrected chi connectivity index (χ2v) is 3.16. The van der Waals surface area contributed by atoms with Crippen molar-refractivity contribution in [2.45, 2.75) is 0 Å². The lowest BCUT2D eigenvalue weighted by Gasteiger charge is -2.08. The predicted molar refractivity (Wildman–Crippen MR) is 64.3 cm³/mol. The van der Waals surface area contributed by atoms with E-state index in [1.807, 2.05) is 0 Å². The zero-order valence-electron chi connectivity index (χ0n) is 9.03. The van der Waals surface area contributed by atoms with Crippen LogP contribution in [-0.2, 0) is 0 Å². The highest BCUT2D eigenvalue weighted by Gasteiger charge is 2.11. The molecule has 90 valence electrons. The SMILES string of the molecule is COc1cc(-n2ccnc2)ccc1C(=O)O.Cl. The van der Waals surface area contributed by atoms with E-state index in [1.54, 1.807) is 35.4 Å². The number of rotatable bonds is 3. The van der Waals surface area contributed by atoms with E-state index < -0.39 is 5.97 Å². The summed E-state index contributed by atoms with van der Waals surface area (Å²) < 4.78 is 6.80. The van der Waals surface area contributed by atoms with Gasteiger partial charge in [-0.2, -0.15) is 0 Å². The molecule has 2 aromatic rings. The molecule has 0 aliphatic rings. The Bertz CT molecular complexity index is 511. The fraction of sp³-hybridized carbons (Fsp3) is 0.0909. The monoisotopic (exact) mass is 254 g/mol. The Morgan fingerprint density at radius 3 is 2.76 bits per heavy atom. The van der Waals surface area contributed by atoms with Crippen molar-refractivity contribution in [1.29, 1.82) is 0 Å². The van der Waals surface area contributed by atoms with E-state index in [2.05, 4.69) is 4.98 Å². The number of hydrogen-bond acceptors (Lipinski definition) is 3. The highest BCUT2D eigenvalue weighted by molar-refractivity contribution is 5.91. The summed E-state index contributed by atoms with van der Waals surface area (Å²) in [4.78, 5) is 14.8. The van der Waals surface area contributed by atoms with E-state index in [0.29, 0.717) is 5.75 Å². The summed E-state index contributed by atoms with van der Waals surface area (Å²) >= 11 is 0. The molecule has 0 bridgehead atoms. The average molecular weight is 255 g/mol. The summed E-state index contributed by atoms with van der Waals surface area (Å²) in [5.74, 6) is -0.673. The third kappa shape index (κ3) is 2.57. The molecule has 1 aromatic heterocycles. The fourth-order valence-electron chi connectivity index (χ4n) is 1.43. The van der Waals surface area contributed by atoms with Crippen LogP contribution in [0, 0.1) is 0 Å². The molecule has 1 aromatic carbocycles. The van der Waals surface area contributed by atoms with Gasteiger partial charge in [0.1, 0.15) is 11.3 Å². The minimum Gasteiger partial charge on any atom is -0.496 e. The number of methoxy groups -OCH3 is 1. The van der Waals surface area contributed by atoms with Crippen molar-refractivity contribution in [3.05, 3.63) is 42.5 Å². The molecule has 0 aliphatic carbocycles. The van der Waals surface area contributed by atoms with Crippen LogP contribution in [0.15, 0.2) is 36.9 Å². The van der Waals surface area contributed by atoms with Crippen LogP contribution in [0.3, 0.4) is 0 Å². The minimum absolute atomic E-state index is 0. The van der Waals surface area contributed by atoms with Gasteiger partial charge in [0.25, 0.3) is 0 Å². The second kappa shape index (κ2) is 5.36. The summed E-state index contributed by atoms with van der Waals surface area (Å²) in [6.45, 7) is 0. The Morgan fingerprint density at radius 1 is 1.47 bits per heavy atom. The lowest BCUT2D eigenvalue weighted by molar-refractivity contribution is 0.0693. The summed E-state index contributed by atoms with van der Waals surface area (Å²) in [7, 11) is 1.44. The number of carboxylic acid groups (broad SMARTS) is 1. The first-order chi connectivity index (χ1) is 7.72. The highest BCUT2D eigenvalue weighted by Crippen LogP contribution is 2.22. The molecule has 1 heterocycles. The fourth-order valence-corrected chi connectivity index (χ4v) is 1.43. The van der Waals surface area contributed by atoms with Crippen molar-refractivity contribution >= 4 is 18.4 Å². The molecule has 2 rings (SSSR count). The van der Waals surface area contributed by atoms with Gasteiger partial charge < -0.3 is 14.4 Å². The molecule has 0 fully saturated rings. The van der Waals surface area contributed by atoms with Gasteiger partial charge in [-0.1, -0.05) is 0 Å². The number of carboxylic acids is 1. The number of aromatic carboxylic acids is 1. The standard InChI is InChI=1S/C11H10N2O3.ClH/c1-16-10-6-8(13-5-4-12-7-13)2-3-9(10)11(14)15;/h2-7H,1H3,(H,14,15);1H. The van der Waals surface area contributed by atoms with Gasteiger partial charge in [-0.3, -0.25) is 0 Å². The van der Waals surface area contributed by atoms with Crippen LogP contribution in [0.1, 0.15) is 10.4 Å². The Kier molecular flexibility index (Phi) is 4.12. The van der Waals surface area contributed by atoms with Crippen LogP contribution in [0.2, 0.25) is 0 Å². The zero-order chi connectivity index (χ0) is 11.5. The molecule has 0 saturated heterocycles. The van der Waals surface area contributed by atoms with E-state index in [4.69, 9.17) is 9.84 Å². The summed E-state index contributed by atoms with van der Waals surface area (Å²) in [5, 5.41) is 8.92. The van der Waals surface area contributed by atoms with Crippen LogP contribution >= 0.6 is 12.4 Å². The van der Waals surface area contributed by atoms with Crippen molar-refractivity contribution in [1.82, 2.24) is 9.55 Å². The first-order valence-electron chi connectivity index (χ1n) is 4.62. The highest BCUT2D eigenvalue weighted by atomic mass is 35.5. The largest absolute Gasteiger partial charge is 0.496 e. The van der Waals surface area contributed by atoms with E-state index in [-0.39, 0.29) is 18.0 Å². The predicted octanol–water partition coefficient (Wildman–Crippen LogP) is 2.00. The third-order valence-electron chi connectivity index (χ3n) is 2.22. The number of aromatic nitrogens is 2. The molecule has 0 unspecified atom stereocenters. The van der Waals surface area contributed by atoms with Gasteiger partial charge in [0.05, 0.1) is 19.1 Å². The van der Waals surface area contributed by atoms with Gasteiger partial charge in [-0.25, -0.2) is 9.78 Å². The maximum absolute atomic E-state index is 10.9. The first kappa shape index (κ1) is 13.1. The maximum atomic E-state index is 10.9. The lowest BCUT2D eigenvalue weighted by Crippen LogP contribution is -2.01. The molecule has 0 spiro atoms. The molecule has 6 heteroatoms. The van der Waals surface area contributed by atoms with Crippen LogP contribution < -0.4 is 4.74 Å². The van der Waals surface area contributed by atoms with E-state index >= 15 is 0 Å². The lowest BCUT2D eigenvalue weighted by atomic mass is 10.2. The van der Waals surface area contributed by atoms with Gasteiger partial charge in [0.2, 0.25) is 0 Å². The van der Waals surface area contributed by atoms with Crippen molar-refractivity contribution in [3.8, 4) is 11.4 Å². The number of halogens is 1. The molecular formula is C11H11ClN2O3. The normalized spacial score (nSPS) is 9.47. The number of hydrogen-bond donors (Lipinski definition) is 1. The maximum Gasteiger partial charge on any atom is 0.339 e. The molecule has 0 atom stereocenters. The van der Waals surface area contributed by atoms with Gasteiger partial charge in [-0.05, 0) is 12.1 Å². The van der Waals surface area contributed by atoms with E-state index in [0.717, 1.165) is 5.69 Å². The minimum atomic E-state index is -1.01. The molecule has 1 N–H and O–H groups in total. The van der Waals surface area contributed by atoms with Crippen molar-refractivity contribution in [2.24, 2.45) is 0 Å². The van der Waals surface area contributed by atoms with Crippen molar-refractivity contribution in [3.63, 3.8) is 0 Å². The molecule has 0 amide bonds. The Labute approximate surface area is 104 Å². The number of imidazole rings is 1. The molecule has 17 heavy (non-hydrogen) atoms. The van der Waals surface area contributed by atoms with Crippen LogP contribution in [0.4, 0.5) is 0 Å². The van der Waals surface area contributed by atoms with Crippen LogP contribution in [-0.4, -0.2) is 27.7 Å². The first-order valence-corrected chi connectivity index (χ1v) is 4.62. The molecule has 0 saturated carbocycles. The van der Waals surface area contributed by atoms with Gasteiger partial charge >= 0.3 is 5.97 Å². The number of carbonyl (C=O) groups is 1. The van der Waals surface area contributed by atoms with Gasteiger partial charge in [-0.15, -0.1) is 12.4 Å². The number of benzene rings is 1. The van der Waals surface area contributed by atoms with Crippen LogP contribution in [0.5, 0.6) is 5.75 Å². The third-order valence-corrected chi connectivity index (χ3v) is 2.22. The van der Waals surface area contributed by atoms with Crippen LogP contribution in [0.25, 0.3) is 5.69 Å². The molecular weight excluding hydrogens is 244 g/mol. The smallest absolute Gasteiger partial charge is 0.339 e. The quantitative estimate of drug-likeness (QED) is 0.910. The Hall–Kier alpha value is -2.01. The van der Waals surface area contributed by atoms with Gasteiger partial charge in [0, 0.05) is 18.5 Å². The summed E-state index contributed by atoms with van der Waals surface area (Å²) in [6, 6.07) is 4.87. The Balaban J connectivity index is 0.00000144. The van der Waals surface area contributed by atoms with Crippen molar-refractivity contribution in [2.75, 3.05) is 7.11 Å². The Morgan fingerprint density at radius 2 is 2.24 bits per heavy atom. The summed E-state index contributed by atoms with van der Waals surface area (Å²) in [5.41, 5.74) is 0.950. The number of ether oxygens (including phenoxy) is 1. The van der Waals surface area contributed by atoms with Gasteiger partial charge in [0.15, 0.2) is 0 Å². The summed E-state index contributed by atoms with van der Waals surface area (Å²) in [6.07, 6.45) is 5.06. The molecule has 5 nitrogen and oxygen atoms in total. The topological polar surface area (TPSA) is 64.4 Å². The average Bonchev–Trinajstić information content (AvgIpc) is 2.81. The van der Waals surface area contributed by atoms with E-state index in [9.17, 15) is 4.79 Å². The van der Waals surface area contributed by atoms with E-state index in [1.165, 1.54) is 13.2 Å². The molecule has 0 aliphatic heterocycles. The second-order valence-electron chi connectivity index (χ2n) is 3.16. The zero-order valence-corrected chi connectivity index (χ0v) is 9.85. The number of nitrogens with zero attached hydrogens (tertiary/aromatic N) is 2. The molecule has 0 radical (unpaired) electrons. The van der Waals surface area contributed by atoms with Crippen molar-refractivity contribution < 1.29 is 14.6 Å².